The lowest BCUT2D eigenvalue weighted by Crippen LogP contribution is -2.17. The van der Waals surface area contributed by atoms with E-state index in [1.54, 1.807) is 72.8 Å². The Hall–Kier alpha value is -3.64. The zero-order valence-corrected chi connectivity index (χ0v) is 18.1. The Kier molecular flexibility index (Phi) is 6.23. The molecule has 0 spiro atoms. The van der Waals surface area contributed by atoms with Gasteiger partial charge in [-0.05, 0) is 73.0 Å². The van der Waals surface area contributed by atoms with Crippen LogP contribution < -0.4 is 16.0 Å². The second kappa shape index (κ2) is 9.24. The summed E-state index contributed by atoms with van der Waals surface area (Å²) < 4.78 is 0. The minimum absolute atomic E-state index is 0.0139. The number of carbonyl (C=O) groups is 3. The maximum atomic E-state index is 12.7. The molecule has 3 N–H and O–H groups in total. The first kappa shape index (κ1) is 21.6. The van der Waals surface area contributed by atoms with Crippen molar-refractivity contribution in [3.8, 4) is 0 Å². The van der Waals surface area contributed by atoms with E-state index >= 15 is 0 Å². The van der Waals surface area contributed by atoms with Crippen LogP contribution in [0, 0.1) is 11.8 Å². The van der Waals surface area contributed by atoms with Gasteiger partial charge in [-0.2, -0.15) is 0 Å². The van der Waals surface area contributed by atoms with Gasteiger partial charge in [-0.15, -0.1) is 0 Å². The number of amides is 3. The highest BCUT2D eigenvalue weighted by atomic mass is 35.5. The molecule has 0 saturated heterocycles. The van der Waals surface area contributed by atoms with Gasteiger partial charge in [-0.3, -0.25) is 14.4 Å². The van der Waals surface area contributed by atoms with Crippen LogP contribution in [0.5, 0.6) is 0 Å². The molecule has 3 aromatic carbocycles. The number of halogens is 1. The minimum Gasteiger partial charge on any atom is -0.326 e. The topological polar surface area (TPSA) is 87.3 Å². The van der Waals surface area contributed by atoms with E-state index in [0.717, 1.165) is 6.42 Å². The molecule has 0 aliphatic heterocycles. The SMILES string of the molecule is CC1CC1C(=O)Nc1ccc(C(=O)Nc2ccccc2NC(=O)c2ccc(Cl)cc2)cc1. The molecule has 162 valence electrons. The summed E-state index contributed by atoms with van der Waals surface area (Å²) in [6.45, 7) is 2.05. The molecule has 2 unspecified atom stereocenters. The van der Waals surface area contributed by atoms with Crippen molar-refractivity contribution in [2.24, 2.45) is 11.8 Å². The average molecular weight is 448 g/mol. The Morgan fingerprint density at radius 1 is 0.750 bits per heavy atom. The van der Waals surface area contributed by atoms with Crippen LogP contribution in [0.1, 0.15) is 34.1 Å². The summed E-state index contributed by atoms with van der Waals surface area (Å²) in [5.74, 6) is -0.113. The van der Waals surface area contributed by atoms with Crippen LogP contribution in [0.15, 0.2) is 72.8 Å². The predicted octanol–water partition coefficient (Wildman–Crippen LogP) is 5.44. The third-order valence-electron chi connectivity index (χ3n) is 5.39. The largest absolute Gasteiger partial charge is 0.326 e. The number of anilines is 3. The van der Waals surface area contributed by atoms with Crippen molar-refractivity contribution in [3.05, 3.63) is 88.9 Å². The Labute approximate surface area is 191 Å². The standard InChI is InChI=1S/C25H22ClN3O3/c1-15-14-20(15)25(32)27-19-12-8-17(9-13-19)24(31)29-22-5-3-2-4-21(22)28-23(30)16-6-10-18(26)11-7-16/h2-13,15,20H,14H2,1H3,(H,27,32)(H,28,30)(H,29,31). The van der Waals surface area contributed by atoms with E-state index in [1.165, 1.54) is 0 Å². The molecule has 2 atom stereocenters. The van der Waals surface area contributed by atoms with Crippen molar-refractivity contribution in [1.82, 2.24) is 0 Å². The van der Waals surface area contributed by atoms with E-state index in [4.69, 9.17) is 11.6 Å². The van der Waals surface area contributed by atoms with Crippen LogP contribution in [0.2, 0.25) is 5.02 Å². The fraction of sp³-hybridized carbons (Fsp3) is 0.160. The van der Waals surface area contributed by atoms with Gasteiger partial charge in [0.2, 0.25) is 5.91 Å². The third-order valence-corrected chi connectivity index (χ3v) is 5.64. The van der Waals surface area contributed by atoms with Gasteiger partial charge in [-0.25, -0.2) is 0 Å². The zero-order valence-electron chi connectivity index (χ0n) is 17.4. The molecule has 0 bridgehead atoms. The number of hydrogen-bond donors (Lipinski definition) is 3. The molecule has 0 radical (unpaired) electrons. The van der Waals surface area contributed by atoms with Gasteiger partial charge >= 0.3 is 0 Å². The molecular formula is C25H22ClN3O3. The van der Waals surface area contributed by atoms with Crippen LogP contribution >= 0.6 is 11.6 Å². The Morgan fingerprint density at radius 3 is 1.69 bits per heavy atom. The van der Waals surface area contributed by atoms with Crippen LogP contribution in [-0.2, 0) is 4.79 Å². The highest BCUT2D eigenvalue weighted by Crippen LogP contribution is 2.38. The van der Waals surface area contributed by atoms with Gasteiger partial charge < -0.3 is 16.0 Å². The monoisotopic (exact) mass is 447 g/mol. The molecule has 7 heteroatoms. The van der Waals surface area contributed by atoms with E-state index in [1.807, 2.05) is 6.92 Å². The number of rotatable bonds is 6. The number of hydrogen-bond acceptors (Lipinski definition) is 3. The van der Waals surface area contributed by atoms with Crippen molar-refractivity contribution >= 4 is 46.4 Å². The maximum Gasteiger partial charge on any atom is 0.255 e. The second-order valence-electron chi connectivity index (χ2n) is 7.85. The average Bonchev–Trinajstić information content (AvgIpc) is 3.53. The molecule has 3 aromatic rings. The Morgan fingerprint density at radius 2 is 1.22 bits per heavy atom. The molecule has 0 aromatic heterocycles. The number of para-hydroxylation sites is 2. The summed E-state index contributed by atoms with van der Waals surface area (Å²) in [6.07, 6.45) is 0.917. The molecule has 1 aliphatic carbocycles. The zero-order chi connectivity index (χ0) is 22.7. The van der Waals surface area contributed by atoms with Crippen molar-refractivity contribution < 1.29 is 14.4 Å². The van der Waals surface area contributed by atoms with Gasteiger partial charge in [0.15, 0.2) is 0 Å². The summed E-state index contributed by atoms with van der Waals surface area (Å²) >= 11 is 5.87. The maximum absolute atomic E-state index is 12.7. The highest BCUT2D eigenvalue weighted by Gasteiger charge is 2.39. The molecule has 1 aliphatic rings. The van der Waals surface area contributed by atoms with E-state index in [9.17, 15) is 14.4 Å². The van der Waals surface area contributed by atoms with E-state index in [2.05, 4.69) is 16.0 Å². The fourth-order valence-corrected chi connectivity index (χ4v) is 3.44. The van der Waals surface area contributed by atoms with Crippen molar-refractivity contribution in [3.63, 3.8) is 0 Å². The van der Waals surface area contributed by atoms with Gasteiger partial charge in [0, 0.05) is 27.8 Å². The molecule has 32 heavy (non-hydrogen) atoms. The van der Waals surface area contributed by atoms with Gasteiger partial charge in [0.05, 0.1) is 11.4 Å². The molecule has 0 heterocycles. The minimum atomic E-state index is -0.327. The van der Waals surface area contributed by atoms with Crippen molar-refractivity contribution in [2.45, 2.75) is 13.3 Å². The lowest BCUT2D eigenvalue weighted by Gasteiger charge is -2.13. The summed E-state index contributed by atoms with van der Waals surface area (Å²) in [5, 5.41) is 9.05. The summed E-state index contributed by atoms with van der Waals surface area (Å²) in [4.78, 5) is 37.3. The summed E-state index contributed by atoms with van der Waals surface area (Å²) in [7, 11) is 0. The number of benzene rings is 3. The van der Waals surface area contributed by atoms with E-state index in [0.29, 0.717) is 39.1 Å². The molecule has 6 nitrogen and oxygen atoms in total. The molecule has 1 saturated carbocycles. The Balaban J connectivity index is 1.41. The van der Waals surface area contributed by atoms with Gasteiger partial charge in [0.25, 0.3) is 11.8 Å². The van der Waals surface area contributed by atoms with Crippen LogP contribution in [0.3, 0.4) is 0 Å². The molecule has 3 amide bonds. The first-order valence-electron chi connectivity index (χ1n) is 10.3. The van der Waals surface area contributed by atoms with Gasteiger partial charge in [-0.1, -0.05) is 30.7 Å². The van der Waals surface area contributed by atoms with Crippen molar-refractivity contribution in [2.75, 3.05) is 16.0 Å². The van der Waals surface area contributed by atoms with Crippen LogP contribution in [-0.4, -0.2) is 17.7 Å². The van der Waals surface area contributed by atoms with Gasteiger partial charge in [0.1, 0.15) is 0 Å². The third kappa shape index (κ3) is 5.15. The number of carbonyl (C=O) groups excluding carboxylic acids is 3. The Bertz CT molecular complexity index is 1160. The van der Waals surface area contributed by atoms with E-state index < -0.39 is 0 Å². The lowest BCUT2D eigenvalue weighted by atomic mass is 10.1. The molecular weight excluding hydrogens is 426 g/mol. The fourth-order valence-electron chi connectivity index (χ4n) is 3.32. The normalized spacial score (nSPS) is 16.7. The van der Waals surface area contributed by atoms with Crippen LogP contribution in [0.4, 0.5) is 17.1 Å². The van der Waals surface area contributed by atoms with E-state index in [-0.39, 0.29) is 23.6 Å². The first-order valence-corrected chi connectivity index (χ1v) is 10.7. The summed E-state index contributed by atoms with van der Waals surface area (Å²) in [6, 6.07) is 20.2. The van der Waals surface area contributed by atoms with Crippen LogP contribution in [0.25, 0.3) is 0 Å². The molecule has 4 rings (SSSR count). The lowest BCUT2D eigenvalue weighted by molar-refractivity contribution is -0.117. The highest BCUT2D eigenvalue weighted by molar-refractivity contribution is 6.30. The smallest absolute Gasteiger partial charge is 0.255 e. The van der Waals surface area contributed by atoms with Crippen molar-refractivity contribution in [1.29, 1.82) is 0 Å². The molecule has 1 fully saturated rings. The quantitative estimate of drug-likeness (QED) is 0.470. The summed E-state index contributed by atoms with van der Waals surface area (Å²) in [5.41, 5.74) is 2.49. The predicted molar refractivity (Wildman–Crippen MR) is 126 cm³/mol. The number of nitrogens with one attached hydrogen (secondary N) is 3. The second-order valence-corrected chi connectivity index (χ2v) is 8.28. The first-order chi connectivity index (χ1) is 15.4.